The van der Waals surface area contributed by atoms with Crippen molar-refractivity contribution in [3.8, 4) is 0 Å². The number of rotatable bonds is 2. The van der Waals surface area contributed by atoms with Gasteiger partial charge in [-0.3, -0.25) is 4.79 Å². The van der Waals surface area contributed by atoms with E-state index in [4.69, 9.17) is 11.6 Å². The van der Waals surface area contributed by atoms with Gasteiger partial charge in [0, 0.05) is 5.02 Å². The zero-order valence-corrected chi connectivity index (χ0v) is 8.73. The SMILES string of the molecule is CC(=O)/C(C)=C/c1cc(F)cc(Cl)c1. The lowest BCUT2D eigenvalue weighted by Gasteiger charge is -1.98. The second-order valence-corrected chi connectivity index (χ2v) is 3.52. The van der Waals surface area contributed by atoms with E-state index in [0.29, 0.717) is 16.2 Å². The first-order chi connectivity index (χ1) is 6.49. The van der Waals surface area contributed by atoms with Gasteiger partial charge >= 0.3 is 0 Å². The number of benzene rings is 1. The van der Waals surface area contributed by atoms with E-state index in [2.05, 4.69) is 0 Å². The Morgan fingerprint density at radius 2 is 2.00 bits per heavy atom. The number of carbonyl (C=O) groups excluding carboxylic acids is 1. The molecule has 0 saturated carbocycles. The summed E-state index contributed by atoms with van der Waals surface area (Å²) in [6.07, 6.45) is 1.61. The van der Waals surface area contributed by atoms with Crippen LogP contribution in [-0.2, 0) is 4.79 Å². The summed E-state index contributed by atoms with van der Waals surface area (Å²) in [6, 6.07) is 4.16. The summed E-state index contributed by atoms with van der Waals surface area (Å²) in [7, 11) is 0. The normalized spacial score (nSPS) is 11.6. The predicted octanol–water partition coefficient (Wildman–Crippen LogP) is 3.47. The van der Waals surface area contributed by atoms with E-state index in [0.717, 1.165) is 0 Å². The molecule has 14 heavy (non-hydrogen) atoms. The lowest BCUT2D eigenvalue weighted by molar-refractivity contribution is -0.113. The molecule has 1 aromatic carbocycles. The highest BCUT2D eigenvalue weighted by atomic mass is 35.5. The van der Waals surface area contributed by atoms with Crippen LogP contribution in [0.15, 0.2) is 23.8 Å². The van der Waals surface area contributed by atoms with Crippen molar-refractivity contribution < 1.29 is 9.18 Å². The average Bonchev–Trinajstić information content (AvgIpc) is 2.01. The third-order valence-corrected chi connectivity index (χ3v) is 2.04. The van der Waals surface area contributed by atoms with Crippen molar-refractivity contribution in [1.82, 2.24) is 0 Å². The summed E-state index contributed by atoms with van der Waals surface area (Å²) < 4.78 is 12.9. The predicted molar refractivity (Wildman–Crippen MR) is 55.7 cm³/mol. The zero-order chi connectivity index (χ0) is 10.7. The Hall–Kier alpha value is -1.15. The van der Waals surface area contributed by atoms with E-state index in [9.17, 15) is 9.18 Å². The maximum Gasteiger partial charge on any atom is 0.155 e. The second-order valence-electron chi connectivity index (χ2n) is 3.09. The first kappa shape index (κ1) is 10.9. The highest BCUT2D eigenvalue weighted by Gasteiger charge is 2.00. The van der Waals surface area contributed by atoms with Gasteiger partial charge in [-0.05, 0) is 49.3 Å². The van der Waals surface area contributed by atoms with Gasteiger partial charge in [-0.15, -0.1) is 0 Å². The molecule has 1 aromatic rings. The van der Waals surface area contributed by atoms with Crippen LogP contribution >= 0.6 is 11.6 Å². The van der Waals surface area contributed by atoms with Crippen LogP contribution < -0.4 is 0 Å². The molecular formula is C11H10ClFO. The molecule has 0 aliphatic carbocycles. The topological polar surface area (TPSA) is 17.1 Å². The third-order valence-electron chi connectivity index (χ3n) is 1.82. The molecule has 0 fully saturated rings. The molecule has 74 valence electrons. The molecule has 1 rings (SSSR count). The Labute approximate surface area is 87.2 Å². The van der Waals surface area contributed by atoms with Crippen molar-refractivity contribution in [3.05, 3.63) is 40.2 Å². The largest absolute Gasteiger partial charge is 0.295 e. The molecule has 0 amide bonds. The Morgan fingerprint density at radius 3 is 2.50 bits per heavy atom. The molecule has 0 spiro atoms. The van der Waals surface area contributed by atoms with Gasteiger partial charge in [0.25, 0.3) is 0 Å². The summed E-state index contributed by atoms with van der Waals surface area (Å²) in [5.41, 5.74) is 1.18. The van der Waals surface area contributed by atoms with Crippen LogP contribution in [0.1, 0.15) is 19.4 Å². The van der Waals surface area contributed by atoms with Crippen LogP contribution in [0.25, 0.3) is 6.08 Å². The van der Waals surface area contributed by atoms with Gasteiger partial charge in [0.05, 0.1) is 0 Å². The molecule has 0 bridgehead atoms. The number of halogens is 2. The van der Waals surface area contributed by atoms with Crippen LogP contribution in [-0.4, -0.2) is 5.78 Å². The molecular weight excluding hydrogens is 203 g/mol. The zero-order valence-electron chi connectivity index (χ0n) is 7.97. The number of ketones is 1. The fourth-order valence-corrected chi connectivity index (χ4v) is 1.24. The first-order valence-electron chi connectivity index (χ1n) is 4.14. The number of hydrogen-bond donors (Lipinski definition) is 0. The van der Waals surface area contributed by atoms with E-state index in [1.54, 1.807) is 19.1 Å². The fourth-order valence-electron chi connectivity index (χ4n) is 1.01. The van der Waals surface area contributed by atoms with Crippen molar-refractivity contribution in [3.63, 3.8) is 0 Å². The molecule has 3 heteroatoms. The molecule has 0 unspecified atom stereocenters. The third kappa shape index (κ3) is 2.96. The quantitative estimate of drug-likeness (QED) is 0.686. The molecule has 0 atom stereocenters. The van der Waals surface area contributed by atoms with Gasteiger partial charge in [-0.25, -0.2) is 4.39 Å². The second kappa shape index (κ2) is 4.38. The Bertz CT molecular complexity index is 376. The van der Waals surface area contributed by atoms with Crippen LogP contribution in [0.2, 0.25) is 5.02 Å². The van der Waals surface area contributed by atoms with Crippen LogP contribution in [0, 0.1) is 5.82 Å². The van der Waals surface area contributed by atoms with E-state index in [1.807, 2.05) is 0 Å². The molecule has 0 radical (unpaired) electrons. The van der Waals surface area contributed by atoms with Crippen molar-refractivity contribution in [2.75, 3.05) is 0 Å². The molecule has 0 aliphatic rings. The van der Waals surface area contributed by atoms with Crippen LogP contribution in [0.5, 0.6) is 0 Å². The van der Waals surface area contributed by atoms with Gasteiger partial charge in [0.15, 0.2) is 5.78 Å². The Morgan fingerprint density at radius 1 is 1.36 bits per heavy atom. The molecule has 0 aromatic heterocycles. The summed E-state index contributed by atoms with van der Waals surface area (Å²) >= 11 is 5.66. The standard InChI is InChI=1S/C11H10ClFO/c1-7(8(2)14)3-9-4-10(12)6-11(13)5-9/h3-6H,1-2H3/b7-3+. The number of Topliss-reactive ketones (excluding diaryl/α,β-unsaturated/α-hetero) is 1. The summed E-state index contributed by atoms with van der Waals surface area (Å²) in [5.74, 6) is -0.439. The highest BCUT2D eigenvalue weighted by Crippen LogP contribution is 2.16. The van der Waals surface area contributed by atoms with Gasteiger partial charge < -0.3 is 0 Å². The number of carbonyl (C=O) groups is 1. The molecule has 0 N–H and O–H groups in total. The summed E-state index contributed by atoms with van der Waals surface area (Å²) in [5, 5.41) is 0.326. The van der Waals surface area contributed by atoms with Gasteiger partial charge in [-0.2, -0.15) is 0 Å². The van der Waals surface area contributed by atoms with Crippen molar-refractivity contribution in [2.24, 2.45) is 0 Å². The monoisotopic (exact) mass is 212 g/mol. The van der Waals surface area contributed by atoms with Crippen molar-refractivity contribution in [2.45, 2.75) is 13.8 Å². The van der Waals surface area contributed by atoms with E-state index in [1.165, 1.54) is 19.1 Å². The van der Waals surface area contributed by atoms with E-state index in [-0.39, 0.29) is 5.78 Å². The van der Waals surface area contributed by atoms with E-state index >= 15 is 0 Å². The lowest BCUT2D eigenvalue weighted by Crippen LogP contribution is -1.91. The summed E-state index contributed by atoms with van der Waals surface area (Å²) in [6.45, 7) is 3.15. The number of allylic oxidation sites excluding steroid dienone is 1. The van der Waals surface area contributed by atoms with Crippen LogP contribution in [0.4, 0.5) is 4.39 Å². The molecule has 0 heterocycles. The minimum absolute atomic E-state index is 0.0367. The van der Waals surface area contributed by atoms with Gasteiger partial charge in [0.1, 0.15) is 5.82 Å². The summed E-state index contributed by atoms with van der Waals surface area (Å²) in [4.78, 5) is 10.9. The Kier molecular flexibility index (Phi) is 3.42. The maximum atomic E-state index is 12.9. The highest BCUT2D eigenvalue weighted by molar-refractivity contribution is 6.30. The number of hydrogen-bond acceptors (Lipinski definition) is 1. The van der Waals surface area contributed by atoms with Gasteiger partial charge in [0.2, 0.25) is 0 Å². The molecule has 0 aliphatic heterocycles. The van der Waals surface area contributed by atoms with Crippen LogP contribution in [0.3, 0.4) is 0 Å². The minimum Gasteiger partial charge on any atom is -0.295 e. The molecule has 0 saturated heterocycles. The van der Waals surface area contributed by atoms with E-state index < -0.39 is 5.82 Å². The Balaban J connectivity index is 3.08. The lowest BCUT2D eigenvalue weighted by atomic mass is 10.1. The average molecular weight is 213 g/mol. The van der Waals surface area contributed by atoms with Gasteiger partial charge in [-0.1, -0.05) is 11.6 Å². The molecule has 1 nitrogen and oxygen atoms in total. The minimum atomic E-state index is -0.403. The smallest absolute Gasteiger partial charge is 0.155 e. The van der Waals surface area contributed by atoms with Crippen molar-refractivity contribution >= 4 is 23.5 Å². The first-order valence-corrected chi connectivity index (χ1v) is 4.52. The fraction of sp³-hybridized carbons (Fsp3) is 0.182. The maximum absolute atomic E-state index is 12.9. The van der Waals surface area contributed by atoms with Crippen molar-refractivity contribution in [1.29, 1.82) is 0 Å².